The van der Waals surface area contributed by atoms with Gasteiger partial charge in [-0.2, -0.15) is 26.3 Å². The molecule has 2 N–H and O–H groups in total. The molecule has 1 aliphatic heterocycles. The SMILES string of the molecule is CC1CCCC[C@](O)(C(F)(F)F)c2nnc(o2)-c2nc(c(C(F)(F)F)cc2NC(=O)OC(C)(C)C)O[C@@H]1C. The average Bonchev–Trinajstić information content (AvgIpc) is 3.24. The molecule has 0 radical (unpaired) electrons. The second kappa shape index (κ2) is 10.2. The van der Waals surface area contributed by atoms with Gasteiger partial charge in [0.2, 0.25) is 11.5 Å². The van der Waals surface area contributed by atoms with E-state index in [0.717, 1.165) is 0 Å². The van der Waals surface area contributed by atoms with Crippen molar-refractivity contribution in [3.05, 3.63) is 17.5 Å². The fraction of sp³-hybridized carbons (Fsp3) is 0.652. The Kier molecular flexibility index (Phi) is 7.93. The number of hydrogen-bond donors (Lipinski definition) is 2. The van der Waals surface area contributed by atoms with Crippen molar-refractivity contribution in [2.45, 2.75) is 90.0 Å². The topological polar surface area (TPSA) is 120 Å². The van der Waals surface area contributed by atoms with Gasteiger partial charge in [0.25, 0.3) is 11.8 Å². The third-order valence-electron chi connectivity index (χ3n) is 5.93. The van der Waals surface area contributed by atoms with Crippen molar-refractivity contribution in [3.8, 4) is 17.5 Å². The lowest BCUT2D eigenvalue weighted by molar-refractivity contribution is -0.277. The fourth-order valence-electron chi connectivity index (χ4n) is 3.69. The number of aromatic nitrogens is 3. The minimum Gasteiger partial charge on any atom is -0.474 e. The van der Waals surface area contributed by atoms with Crippen molar-refractivity contribution in [2.24, 2.45) is 5.92 Å². The summed E-state index contributed by atoms with van der Waals surface area (Å²) in [6.45, 7) is 7.71. The number of aliphatic hydroxyl groups is 1. The van der Waals surface area contributed by atoms with Gasteiger partial charge in [-0.05, 0) is 58.9 Å². The first-order chi connectivity index (χ1) is 17.3. The van der Waals surface area contributed by atoms with Crippen LogP contribution in [0.2, 0.25) is 0 Å². The van der Waals surface area contributed by atoms with Gasteiger partial charge in [-0.15, -0.1) is 10.2 Å². The maximum Gasteiger partial charge on any atom is 0.426 e. The van der Waals surface area contributed by atoms with Crippen LogP contribution in [0.4, 0.5) is 36.8 Å². The normalized spacial score (nSPS) is 23.3. The molecule has 9 nitrogen and oxygen atoms in total. The Morgan fingerprint density at radius 1 is 1.13 bits per heavy atom. The Morgan fingerprint density at radius 3 is 2.37 bits per heavy atom. The van der Waals surface area contributed by atoms with Gasteiger partial charge < -0.3 is 19.0 Å². The second-order valence-corrected chi connectivity index (χ2v) is 10.2. The number of halogens is 6. The van der Waals surface area contributed by atoms with E-state index in [1.165, 1.54) is 27.7 Å². The molecule has 3 rings (SSSR count). The molecule has 1 aliphatic rings. The Bertz CT molecular complexity index is 1160. The van der Waals surface area contributed by atoms with Crippen LogP contribution in [-0.4, -0.2) is 44.3 Å². The molecular formula is C23H28F6N4O5. The summed E-state index contributed by atoms with van der Waals surface area (Å²) in [6, 6.07) is 0.491. The van der Waals surface area contributed by atoms with Crippen molar-refractivity contribution < 1.29 is 50.1 Å². The number of nitrogens with zero attached hydrogens (tertiary/aromatic N) is 3. The zero-order valence-corrected chi connectivity index (χ0v) is 21.3. The van der Waals surface area contributed by atoms with Crippen LogP contribution >= 0.6 is 0 Å². The Hall–Kier alpha value is -3.10. The molecule has 38 heavy (non-hydrogen) atoms. The van der Waals surface area contributed by atoms with Crippen LogP contribution in [-0.2, 0) is 16.5 Å². The summed E-state index contributed by atoms with van der Waals surface area (Å²) in [5.74, 6) is -3.29. The standard InChI is InChI=1S/C23H28F6N4O5/c1-11-8-6-7-9-21(35,23(27,28)29)18-33-32-17(37-18)15-14(30-19(34)38-20(3,4)5)10-13(22(24,25)26)16(31-15)36-12(11)2/h10-12,35H,6-9H2,1-5H3,(H,30,34)/t11?,12-,21-/m1/s1. The van der Waals surface area contributed by atoms with Gasteiger partial charge in [-0.25, -0.2) is 9.78 Å². The number of fused-ring (bicyclic) bond motifs is 5. The molecule has 4 bridgehead atoms. The van der Waals surface area contributed by atoms with E-state index in [0.29, 0.717) is 6.07 Å². The zero-order valence-electron chi connectivity index (χ0n) is 21.3. The molecule has 0 aliphatic carbocycles. The predicted octanol–water partition coefficient (Wildman–Crippen LogP) is 6.22. The van der Waals surface area contributed by atoms with Gasteiger partial charge in [0.05, 0.1) is 5.69 Å². The fourth-order valence-corrected chi connectivity index (χ4v) is 3.69. The molecule has 3 heterocycles. The molecule has 1 unspecified atom stereocenters. The number of alkyl halides is 6. The minimum absolute atomic E-state index is 0.104. The largest absolute Gasteiger partial charge is 0.474 e. The molecule has 2 aromatic rings. The van der Waals surface area contributed by atoms with Crippen LogP contribution in [0.25, 0.3) is 11.6 Å². The van der Waals surface area contributed by atoms with Gasteiger partial charge in [0.15, 0.2) is 5.69 Å². The number of amides is 1. The summed E-state index contributed by atoms with van der Waals surface area (Å²) in [5.41, 5.74) is -7.16. The average molecular weight is 554 g/mol. The van der Waals surface area contributed by atoms with Gasteiger partial charge in [-0.1, -0.05) is 13.3 Å². The molecule has 0 spiro atoms. The predicted molar refractivity (Wildman–Crippen MR) is 120 cm³/mol. The van der Waals surface area contributed by atoms with E-state index in [1.54, 1.807) is 6.92 Å². The highest BCUT2D eigenvalue weighted by atomic mass is 19.4. The second-order valence-electron chi connectivity index (χ2n) is 10.2. The van der Waals surface area contributed by atoms with Crippen LogP contribution in [0, 0.1) is 5.92 Å². The number of hydrogen-bond acceptors (Lipinski definition) is 8. The first kappa shape index (κ1) is 29.5. The number of anilines is 1. The summed E-state index contributed by atoms with van der Waals surface area (Å²) >= 11 is 0. The number of ether oxygens (including phenoxy) is 2. The molecule has 0 aromatic carbocycles. The summed E-state index contributed by atoms with van der Waals surface area (Å²) < 4.78 is 99.5. The number of carbonyl (C=O) groups excluding carboxylic acids is 1. The lowest BCUT2D eigenvalue weighted by atomic mass is 9.92. The molecule has 0 saturated carbocycles. The van der Waals surface area contributed by atoms with E-state index in [9.17, 15) is 36.2 Å². The smallest absolute Gasteiger partial charge is 0.426 e. The van der Waals surface area contributed by atoms with Crippen LogP contribution in [0.3, 0.4) is 0 Å². The summed E-state index contributed by atoms with van der Waals surface area (Å²) in [7, 11) is 0. The summed E-state index contributed by atoms with van der Waals surface area (Å²) in [4.78, 5) is 16.2. The van der Waals surface area contributed by atoms with Gasteiger partial charge in [0, 0.05) is 0 Å². The molecule has 212 valence electrons. The van der Waals surface area contributed by atoms with Crippen LogP contribution in [0.15, 0.2) is 10.5 Å². The lowest BCUT2D eigenvalue weighted by Crippen LogP contribution is -2.42. The van der Waals surface area contributed by atoms with E-state index < -0.39 is 76.8 Å². The van der Waals surface area contributed by atoms with Crippen molar-refractivity contribution in [3.63, 3.8) is 0 Å². The maximum absolute atomic E-state index is 14.0. The highest BCUT2D eigenvalue weighted by Gasteiger charge is 2.58. The number of rotatable bonds is 1. The number of carbonyl (C=O) groups is 1. The Labute approximate surface area is 213 Å². The number of pyridine rings is 1. The van der Waals surface area contributed by atoms with Crippen molar-refractivity contribution in [2.75, 3.05) is 5.32 Å². The molecule has 0 saturated heterocycles. The quantitative estimate of drug-likeness (QED) is 0.399. The van der Waals surface area contributed by atoms with Gasteiger partial charge >= 0.3 is 18.4 Å². The molecule has 0 fully saturated rings. The highest BCUT2D eigenvalue weighted by Crippen LogP contribution is 2.45. The van der Waals surface area contributed by atoms with E-state index >= 15 is 0 Å². The molecule has 1 amide bonds. The monoisotopic (exact) mass is 554 g/mol. The van der Waals surface area contributed by atoms with E-state index in [-0.39, 0.29) is 25.2 Å². The third kappa shape index (κ3) is 6.48. The summed E-state index contributed by atoms with van der Waals surface area (Å²) in [6.07, 6.45) is -12.6. The molecule has 3 atom stereocenters. The van der Waals surface area contributed by atoms with E-state index in [1.807, 2.05) is 0 Å². The van der Waals surface area contributed by atoms with Gasteiger partial charge in [-0.3, -0.25) is 5.32 Å². The van der Waals surface area contributed by atoms with Crippen LogP contribution in [0.5, 0.6) is 5.88 Å². The third-order valence-corrected chi connectivity index (χ3v) is 5.93. The summed E-state index contributed by atoms with van der Waals surface area (Å²) in [5, 5.41) is 19.5. The maximum atomic E-state index is 14.0. The first-order valence-electron chi connectivity index (χ1n) is 11.7. The van der Waals surface area contributed by atoms with Crippen molar-refractivity contribution in [1.82, 2.24) is 15.2 Å². The van der Waals surface area contributed by atoms with Crippen LogP contribution in [0.1, 0.15) is 71.8 Å². The Morgan fingerprint density at radius 2 is 1.79 bits per heavy atom. The van der Waals surface area contributed by atoms with Crippen molar-refractivity contribution in [1.29, 1.82) is 0 Å². The lowest BCUT2D eigenvalue weighted by Gasteiger charge is -2.28. The van der Waals surface area contributed by atoms with Crippen molar-refractivity contribution >= 4 is 11.8 Å². The molecule has 2 aromatic heterocycles. The number of nitrogens with one attached hydrogen (secondary N) is 1. The van der Waals surface area contributed by atoms with E-state index in [2.05, 4.69) is 20.5 Å². The molecular weight excluding hydrogens is 526 g/mol. The zero-order chi connectivity index (χ0) is 28.7. The first-order valence-corrected chi connectivity index (χ1v) is 11.7. The van der Waals surface area contributed by atoms with Crippen LogP contribution < -0.4 is 10.1 Å². The van der Waals surface area contributed by atoms with Gasteiger partial charge in [0.1, 0.15) is 17.3 Å². The van der Waals surface area contributed by atoms with E-state index in [4.69, 9.17) is 13.9 Å². The molecule has 15 heteroatoms. The Balaban J connectivity index is 2.25. The highest BCUT2D eigenvalue weighted by molar-refractivity contribution is 5.89. The minimum atomic E-state index is -5.20.